The summed E-state index contributed by atoms with van der Waals surface area (Å²) < 4.78 is 61.3. The van der Waals surface area contributed by atoms with Gasteiger partial charge in [-0.2, -0.15) is 13.2 Å². The molecule has 0 aliphatic carbocycles. The van der Waals surface area contributed by atoms with Crippen LogP contribution in [-0.4, -0.2) is 36.0 Å². The molecule has 0 fully saturated rings. The van der Waals surface area contributed by atoms with E-state index in [4.69, 9.17) is 11.6 Å². The molecule has 1 aromatic carbocycles. The number of aliphatic hydroxyl groups is 1. The highest BCUT2D eigenvalue weighted by molar-refractivity contribution is 7.92. The van der Waals surface area contributed by atoms with Gasteiger partial charge in [0.05, 0.1) is 20.4 Å². The standard InChI is InChI=1S/C14H17ClF3NO4S/c1-12(2,3)24(22,23)8-5-6-10(9(15)7-8)19-11(20)13(4,21)14(16,17)18/h5-7,21H,1-4H3,(H,19,20)/t13-/m1/s1. The molecule has 0 spiro atoms. The third-order valence-corrected chi connectivity index (χ3v) is 6.10. The quantitative estimate of drug-likeness (QED) is 0.834. The summed E-state index contributed by atoms with van der Waals surface area (Å²) in [5, 5.41) is 10.9. The minimum Gasteiger partial charge on any atom is -0.373 e. The Labute approximate surface area is 142 Å². The topological polar surface area (TPSA) is 83.5 Å². The second kappa shape index (κ2) is 6.20. The lowest BCUT2D eigenvalue weighted by molar-refractivity contribution is -0.242. The van der Waals surface area contributed by atoms with Crippen molar-refractivity contribution in [3.05, 3.63) is 23.2 Å². The summed E-state index contributed by atoms with van der Waals surface area (Å²) >= 11 is 5.85. The molecule has 0 heterocycles. The van der Waals surface area contributed by atoms with E-state index in [1.807, 2.05) is 5.32 Å². The maximum atomic E-state index is 12.6. The number of hydrogen-bond donors (Lipinski definition) is 2. The van der Waals surface area contributed by atoms with Crippen molar-refractivity contribution < 1.29 is 31.5 Å². The summed E-state index contributed by atoms with van der Waals surface area (Å²) in [5.41, 5.74) is -3.87. The Morgan fingerprint density at radius 3 is 2.04 bits per heavy atom. The molecule has 0 saturated carbocycles. The lowest BCUT2D eigenvalue weighted by Crippen LogP contribution is -2.52. The molecule has 1 atom stereocenters. The number of rotatable bonds is 3. The third-order valence-electron chi connectivity index (χ3n) is 3.30. The normalized spacial score (nSPS) is 15.7. The Balaban J connectivity index is 3.18. The van der Waals surface area contributed by atoms with Gasteiger partial charge in [0.15, 0.2) is 9.84 Å². The number of anilines is 1. The van der Waals surface area contributed by atoms with Crippen LogP contribution in [0.15, 0.2) is 23.1 Å². The van der Waals surface area contributed by atoms with E-state index in [9.17, 15) is 31.5 Å². The zero-order chi connectivity index (χ0) is 19.1. The van der Waals surface area contributed by atoms with Crippen LogP contribution >= 0.6 is 11.6 Å². The number of nitrogens with one attached hydrogen (secondary N) is 1. The number of halogens is 4. The number of amides is 1. The van der Waals surface area contributed by atoms with Crippen LogP contribution in [0.1, 0.15) is 27.7 Å². The summed E-state index contributed by atoms with van der Waals surface area (Å²) in [4.78, 5) is 11.5. The highest BCUT2D eigenvalue weighted by Gasteiger charge is 2.55. The van der Waals surface area contributed by atoms with Gasteiger partial charge in [0.1, 0.15) is 0 Å². The van der Waals surface area contributed by atoms with Gasteiger partial charge in [-0.05, 0) is 45.9 Å². The number of carbonyl (C=O) groups excluding carboxylic acids is 1. The first-order valence-corrected chi connectivity index (χ1v) is 8.52. The van der Waals surface area contributed by atoms with E-state index in [1.54, 1.807) is 0 Å². The van der Waals surface area contributed by atoms with E-state index in [0.29, 0.717) is 6.92 Å². The van der Waals surface area contributed by atoms with E-state index in [1.165, 1.54) is 20.8 Å². The molecule has 0 radical (unpaired) electrons. The Morgan fingerprint density at radius 2 is 1.67 bits per heavy atom. The van der Waals surface area contributed by atoms with Gasteiger partial charge in [-0.1, -0.05) is 11.6 Å². The van der Waals surface area contributed by atoms with Gasteiger partial charge in [-0.3, -0.25) is 4.79 Å². The number of carbonyl (C=O) groups is 1. The Hall–Kier alpha value is -1.32. The van der Waals surface area contributed by atoms with Gasteiger partial charge < -0.3 is 10.4 Å². The van der Waals surface area contributed by atoms with Crippen molar-refractivity contribution in [2.45, 2.75) is 49.1 Å². The van der Waals surface area contributed by atoms with Crippen LogP contribution in [0.2, 0.25) is 5.02 Å². The fraction of sp³-hybridized carbons (Fsp3) is 0.500. The SMILES string of the molecule is CC(C)(C)S(=O)(=O)c1ccc(NC(=O)[C@@](C)(O)C(F)(F)F)c(Cl)c1. The molecular formula is C14H17ClF3NO4S. The van der Waals surface area contributed by atoms with Crippen molar-refractivity contribution in [3.8, 4) is 0 Å². The molecule has 24 heavy (non-hydrogen) atoms. The molecule has 2 N–H and O–H groups in total. The van der Waals surface area contributed by atoms with Crippen LogP contribution in [0.25, 0.3) is 0 Å². The Morgan fingerprint density at radius 1 is 1.17 bits per heavy atom. The van der Waals surface area contributed by atoms with Crippen molar-refractivity contribution >= 4 is 33.0 Å². The lowest BCUT2D eigenvalue weighted by Gasteiger charge is -2.25. The van der Waals surface area contributed by atoms with E-state index < -0.39 is 32.3 Å². The fourth-order valence-corrected chi connectivity index (χ4v) is 3.01. The van der Waals surface area contributed by atoms with E-state index in [0.717, 1.165) is 18.2 Å². The van der Waals surface area contributed by atoms with Crippen LogP contribution in [0.4, 0.5) is 18.9 Å². The van der Waals surface area contributed by atoms with Crippen LogP contribution in [0.5, 0.6) is 0 Å². The molecule has 0 unspecified atom stereocenters. The second-order valence-corrected chi connectivity index (χ2v) is 9.39. The van der Waals surface area contributed by atoms with Crippen LogP contribution in [-0.2, 0) is 14.6 Å². The Kier molecular flexibility index (Phi) is 5.35. The Bertz CT molecular complexity index is 752. The van der Waals surface area contributed by atoms with Crippen molar-refractivity contribution in [2.24, 2.45) is 0 Å². The molecule has 1 aromatic rings. The van der Waals surface area contributed by atoms with Gasteiger partial charge in [-0.25, -0.2) is 8.42 Å². The van der Waals surface area contributed by atoms with Crippen LogP contribution < -0.4 is 5.32 Å². The first-order valence-electron chi connectivity index (χ1n) is 6.66. The van der Waals surface area contributed by atoms with Crippen LogP contribution in [0, 0.1) is 0 Å². The number of sulfone groups is 1. The van der Waals surface area contributed by atoms with Gasteiger partial charge in [0.25, 0.3) is 5.91 Å². The molecule has 0 bridgehead atoms. The lowest BCUT2D eigenvalue weighted by atomic mass is 10.1. The average Bonchev–Trinajstić information content (AvgIpc) is 2.38. The number of hydrogen-bond acceptors (Lipinski definition) is 4. The van der Waals surface area contributed by atoms with E-state index >= 15 is 0 Å². The molecule has 0 saturated heterocycles. The predicted molar refractivity (Wildman–Crippen MR) is 83.7 cm³/mol. The molecule has 10 heteroatoms. The second-order valence-electron chi connectivity index (χ2n) is 6.28. The third kappa shape index (κ3) is 3.84. The van der Waals surface area contributed by atoms with Crippen molar-refractivity contribution in [1.29, 1.82) is 0 Å². The largest absolute Gasteiger partial charge is 0.426 e. The van der Waals surface area contributed by atoms with Gasteiger partial charge in [0.2, 0.25) is 5.60 Å². The molecule has 1 amide bonds. The zero-order valence-corrected chi connectivity index (χ0v) is 14.9. The summed E-state index contributed by atoms with van der Waals surface area (Å²) in [6, 6.07) is 3.20. The van der Waals surface area contributed by atoms with E-state index in [-0.39, 0.29) is 15.6 Å². The van der Waals surface area contributed by atoms with Gasteiger partial charge in [-0.15, -0.1) is 0 Å². The van der Waals surface area contributed by atoms with E-state index in [2.05, 4.69) is 0 Å². The molecular weight excluding hydrogens is 371 g/mol. The maximum Gasteiger partial charge on any atom is 0.426 e. The fourth-order valence-electron chi connectivity index (χ4n) is 1.49. The summed E-state index contributed by atoms with van der Waals surface area (Å²) in [6.45, 7) is 4.74. The molecule has 1 rings (SSSR count). The number of alkyl halides is 3. The van der Waals surface area contributed by atoms with Gasteiger partial charge in [0, 0.05) is 0 Å². The first-order chi connectivity index (χ1) is 10.5. The highest BCUT2D eigenvalue weighted by atomic mass is 35.5. The summed E-state index contributed by atoms with van der Waals surface area (Å²) in [7, 11) is -3.72. The van der Waals surface area contributed by atoms with Crippen LogP contribution in [0.3, 0.4) is 0 Å². The van der Waals surface area contributed by atoms with Gasteiger partial charge >= 0.3 is 6.18 Å². The molecule has 0 aliphatic rings. The minimum absolute atomic E-state index is 0.138. The molecule has 0 aromatic heterocycles. The minimum atomic E-state index is -5.18. The van der Waals surface area contributed by atoms with Crippen molar-refractivity contribution in [3.63, 3.8) is 0 Å². The molecule has 136 valence electrons. The first kappa shape index (κ1) is 20.7. The number of benzene rings is 1. The van der Waals surface area contributed by atoms with Crippen molar-refractivity contribution in [1.82, 2.24) is 0 Å². The average molecular weight is 388 g/mol. The maximum absolute atomic E-state index is 12.6. The summed E-state index contributed by atoms with van der Waals surface area (Å²) in [6.07, 6.45) is -5.18. The predicted octanol–water partition coefficient (Wildman–Crippen LogP) is 3.16. The molecule has 0 aliphatic heterocycles. The monoisotopic (exact) mass is 387 g/mol. The van der Waals surface area contributed by atoms with Crippen molar-refractivity contribution in [2.75, 3.05) is 5.32 Å². The smallest absolute Gasteiger partial charge is 0.373 e. The molecule has 5 nitrogen and oxygen atoms in total. The zero-order valence-electron chi connectivity index (χ0n) is 13.3. The highest BCUT2D eigenvalue weighted by Crippen LogP contribution is 2.34. The summed E-state index contributed by atoms with van der Waals surface area (Å²) in [5.74, 6) is -1.73.